The third kappa shape index (κ3) is 9.58. The van der Waals surface area contributed by atoms with Crippen LogP contribution in [0.2, 0.25) is 0 Å². The highest BCUT2D eigenvalue weighted by molar-refractivity contribution is 7.89. The lowest BCUT2D eigenvalue weighted by Gasteiger charge is -2.23. The van der Waals surface area contributed by atoms with Gasteiger partial charge in [-0.15, -0.1) is 0 Å². The van der Waals surface area contributed by atoms with E-state index in [1.165, 1.54) is 22.6 Å². The normalized spacial score (nSPS) is 11.8. The Labute approximate surface area is 261 Å². The van der Waals surface area contributed by atoms with Crippen molar-refractivity contribution < 1.29 is 26.3 Å². The molecular weight excluding hydrogens is 601 g/mol. The maximum absolute atomic E-state index is 13.6. The Balaban J connectivity index is 0.000000340. The number of methoxy groups -OCH3 is 2. The molecule has 0 bridgehead atoms. The Bertz CT molecular complexity index is 1680. The zero-order chi connectivity index (χ0) is 32.5. The Morgan fingerprint density at radius 2 is 1.05 bits per heavy atom. The summed E-state index contributed by atoms with van der Waals surface area (Å²) in [7, 11) is -4.15. The standard InChI is InChI=1S/C24H28N2O4S.C8H12N2O2S/c1-18(2)24-15-23(13-14-25-24)31(27,28)26(16-19-5-9-21(29-3)10-6-19)17-20-7-11-22(30-4)12-8-20;1-6(2)8-5-7(3-4-10-8)13(9,11)12/h5-15,18H,16-17H2,1-4H3;3-6H,1-2H3,(H2,9,11,12). The SMILES string of the molecule is CC(C)c1cc(S(N)(=O)=O)ccn1.COc1ccc(CN(Cc2ccc(OC)cc2)S(=O)(=O)c2ccnc(C(C)C)c2)cc1. The van der Waals surface area contributed by atoms with Gasteiger partial charge in [0.2, 0.25) is 20.0 Å². The van der Waals surface area contributed by atoms with Crippen LogP contribution in [0.1, 0.15) is 62.0 Å². The molecule has 0 radical (unpaired) electrons. The van der Waals surface area contributed by atoms with E-state index in [1.807, 2.05) is 76.2 Å². The van der Waals surface area contributed by atoms with E-state index < -0.39 is 20.0 Å². The topological polar surface area (TPSA) is 142 Å². The lowest BCUT2D eigenvalue weighted by atomic mass is 10.1. The van der Waals surface area contributed by atoms with E-state index in [1.54, 1.807) is 32.5 Å². The molecule has 2 aromatic heterocycles. The summed E-state index contributed by atoms with van der Waals surface area (Å²) in [5.74, 6) is 1.78. The minimum absolute atomic E-state index is 0.117. The number of primary sulfonamides is 1. The van der Waals surface area contributed by atoms with Crippen molar-refractivity contribution in [2.75, 3.05) is 14.2 Å². The van der Waals surface area contributed by atoms with Gasteiger partial charge < -0.3 is 9.47 Å². The molecule has 2 N–H and O–H groups in total. The maximum atomic E-state index is 13.6. The molecule has 0 spiro atoms. The number of hydrogen-bond acceptors (Lipinski definition) is 8. The van der Waals surface area contributed by atoms with Crippen molar-refractivity contribution in [1.29, 1.82) is 0 Å². The van der Waals surface area contributed by atoms with Gasteiger partial charge in [-0.3, -0.25) is 9.97 Å². The molecule has 10 nitrogen and oxygen atoms in total. The Kier molecular flexibility index (Phi) is 12.0. The summed E-state index contributed by atoms with van der Waals surface area (Å²) in [6, 6.07) is 20.9. The van der Waals surface area contributed by atoms with E-state index in [0.717, 1.165) is 34.0 Å². The minimum atomic E-state index is -3.75. The van der Waals surface area contributed by atoms with Crippen LogP contribution in [0.5, 0.6) is 11.5 Å². The molecule has 2 heterocycles. The monoisotopic (exact) mass is 640 g/mol. The van der Waals surface area contributed by atoms with Gasteiger partial charge in [0.05, 0.1) is 24.0 Å². The molecule has 44 heavy (non-hydrogen) atoms. The van der Waals surface area contributed by atoms with Crippen LogP contribution in [0.3, 0.4) is 0 Å². The number of nitrogens with two attached hydrogens (primary N) is 1. The van der Waals surface area contributed by atoms with Gasteiger partial charge in [0.15, 0.2) is 0 Å². The van der Waals surface area contributed by atoms with E-state index in [4.69, 9.17) is 14.6 Å². The molecule has 0 amide bonds. The third-order valence-corrected chi connectivity index (χ3v) is 9.39. The highest BCUT2D eigenvalue weighted by atomic mass is 32.2. The highest BCUT2D eigenvalue weighted by Crippen LogP contribution is 2.25. The largest absolute Gasteiger partial charge is 0.497 e. The summed E-state index contributed by atoms with van der Waals surface area (Å²) >= 11 is 0. The molecule has 0 fully saturated rings. The predicted octanol–water partition coefficient (Wildman–Crippen LogP) is 5.47. The Hall–Kier alpha value is -3.84. The summed E-state index contributed by atoms with van der Waals surface area (Å²) < 4.78 is 61.0. The van der Waals surface area contributed by atoms with Crippen LogP contribution in [0, 0.1) is 0 Å². The first-order valence-electron chi connectivity index (χ1n) is 13.9. The maximum Gasteiger partial charge on any atom is 0.243 e. The first kappa shape index (κ1) is 34.6. The number of ether oxygens (including phenoxy) is 2. The molecule has 0 saturated heterocycles. The van der Waals surface area contributed by atoms with Crippen molar-refractivity contribution >= 4 is 20.0 Å². The van der Waals surface area contributed by atoms with Gasteiger partial charge in [-0.25, -0.2) is 22.0 Å². The summed E-state index contributed by atoms with van der Waals surface area (Å²) in [5.41, 5.74) is 3.22. The second-order valence-electron chi connectivity index (χ2n) is 10.7. The van der Waals surface area contributed by atoms with Crippen LogP contribution in [0.25, 0.3) is 0 Å². The first-order valence-corrected chi connectivity index (χ1v) is 16.9. The van der Waals surface area contributed by atoms with Crippen molar-refractivity contribution in [1.82, 2.24) is 14.3 Å². The number of pyridine rings is 2. The molecule has 0 unspecified atom stereocenters. The number of hydrogen-bond donors (Lipinski definition) is 1. The van der Waals surface area contributed by atoms with Gasteiger partial charge in [0.1, 0.15) is 11.5 Å². The molecule has 0 aliphatic heterocycles. The van der Waals surface area contributed by atoms with Crippen molar-refractivity contribution in [2.45, 2.75) is 62.4 Å². The average Bonchev–Trinajstić information content (AvgIpc) is 3.01. The number of rotatable bonds is 11. The van der Waals surface area contributed by atoms with Crippen LogP contribution in [-0.2, 0) is 33.1 Å². The van der Waals surface area contributed by atoms with E-state index in [-0.39, 0.29) is 34.7 Å². The molecule has 2 aromatic carbocycles. The molecular formula is C32H40N4O6S2. The van der Waals surface area contributed by atoms with Crippen molar-refractivity contribution in [3.63, 3.8) is 0 Å². The fourth-order valence-corrected chi connectivity index (χ4v) is 6.04. The first-order chi connectivity index (χ1) is 20.7. The van der Waals surface area contributed by atoms with Crippen LogP contribution in [0.4, 0.5) is 0 Å². The van der Waals surface area contributed by atoms with Crippen LogP contribution < -0.4 is 14.6 Å². The highest BCUT2D eigenvalue weighted by Gasteiger charge is 2.26. The van der Waals surface area contributed by atoms with E-state index in [2.05, 4.69) is 9.97 Å². The van der Waals surface area contributed by atoms with Gasteiger partial charge in [0, 0.05) is 36.9 Å². The molecule has 4 rings (SSSR count). The second kappa shape index (κ2) is 15.2. The zero-order valence-electron chi connectivity index (χ0n) is 25.8. The van der Waals surface area contributed by atoms with Crippen molar-refractivity contribution in [3.8, 4) is 11.5 Å². The number of aromatic nitrogens is 2. The minimum Gasteiger partial charge on any atom is -0.497 e. The molecule has 0 aliphatic carbocycles. The van der Waals surface area contributed by atoms with Crippen LogP contribution in [-0.4, -0.2) is 45.3 Å². The molecule has 4 aromatic rings. The Morgan fingerprint density at radius 3 is 1.41 bits per heavy atom. The van der Waals surface area contributed by atoms with E-state index in [0.29, 0.717) is 0 Å². The zero-order valence-corrected chi connectivity index (χ0v) is 27.5. The second-order valence-corrected chi connectivity index (χ2v) is 14.2. The van der Waals surface area contributed by atoms with Gasteiger partial charge in [-0.1, -0.05) is 52.0 Å². The Morgan fingerprint density at radius 1 is 0.659 bits per heavy atom. The van der Waals surface area contributed by atoms with E-state index in [9.17, 15) is 16.8 Å². The van der Waals surface area contributed by atoms with Crippen molar-refractivity contribution in [2.24, 2.45) is 5.14 Å². The molecule has 0 saturated carbocycles. The molecule has 12 heteroatoms. The van der Waals surface area contributed by atoms with Crippen LogP contribution in [0.15, 0.2) is 95.0 Å². The fourth-order valence-electron chi connectivity index (χ4n) is 4.07. The van der Waals surface area contributed by atoms with Gasteiger partial charge in [-0.2, -0.15) is 4.31 Å². The predicted molar refractivity (Wildman–Crippen MR) is 170 cm³/mol. The number of benzene rings is 2. The smallest absolute Gasteiger partial charge is 0.243 e. The number of nitrogens with zero attached hydrogens (tertiary/aromatic N) is 3. The van der Waals surface area contributed by atoms with Crippen molar-refractivity contribution in [3.05, 3.63) is 108 Å². The lowest BCUT2D eigenvalue weighted by Crippen LogP contribution is -2.30. The third-order valence-electron chi connectivity index (χ3n) is 6.69. The van der Waals surface area contributed by atoms with Gasteiger partial charge in [-0.05, 0) is 71.5 Å². The van der Waals surface area contributed by atoms with E-state index >= 15 is 0 Å². The quantitative estimate of drug-likeness (QED) is 0.228. The van der Waals surface area contributed by atoms with Crippen LogP contribution >= 0.6 is 0 Å². The summed E-state index contributed by atoms with van der Waals surface area (Å²) in [6.07, 6.45) is 3.01. The molecule has 0 atom stereocenters. The summed E-state index contributed by atoms with van der Waals surface area (Å²) in [4.78, 5) is 8.70. The van der Waals surface area contributed by atoms with Gasteiger partial charge in [0.25, 0.3) is 0 Å². The molecule has 0 aliphatic rings. The lowest BCUT2D eigenvalue weighted by molar-refractivity contribution is 0.397. The summed E-state index contributed by atoms with van der Waals surface area (Å²) in [5, 5.41) is 4.97. The van der Waals surface area contributed by atoms with Gasteiger partial charge >= 0.3 is 0 Å². The molecule has 236 valence electrons. The average molecular weight is 641 g/mol. The number of sulfonamides is 2. The fraction of sp³-hybridized carbons (Fsp3) is 0.312. The summed E-state index contributed by atoms with van der Waals surface area (Å²) in [6.45, 7) is 8.33.